The van der Waals surface area contributed by atoms with Crippen molar-refractivity contribution in [3.05, 3.63) is 65.0 Å². The van der Waals surface area contributed by atoms with Crippen molar-refractivity contribution < 1.29 is 4.39 Å². The molecule has 0 fully saturated rings. The molecule has 3 rings (SSSR count). The van der Waals surface area contributed by atoms with E-state index in [0.717, 1.165) is 19.3 Å². The predicted molar refractivity (Wildman–Crippen MR) is 83.0 cm³/mol. The zero-order chi connectivity index (χ0) is 14.2. The van der Waals surface area contributed by atoms with Crippen molar-refractivity contribution in [3.63, 3.8) is 0 Å². The Morgan fingerprint density at radius 3 is 2.50 bits per heavy atom. The second-order valence-electron chi connectivity index (χ2n) is 6.22. The molecular weight excluding hydrogens is 247 g/mol. The summed E-state index contributed by atoms with van der Waals surface area (Å²) in [5.74, 6) is -0.0991. The second-order valence-corrected chi connectivity index (χ2v) is 6.22. The van der Waals surface area contributed by atoms with Gasteiger partial charge >= 0.3 is 0 Å². The fraction of sp³-hybridized carbons (Fsp3) is 0.368. The van der Waals surface area contributed by atoms with E-state index in [-0.39, 0.29) is 11.2 Å². The van der Waals surface area contributed by atoms with Gasteiger partial charge in [0.05, 0.1) is 0 Å². The van der Waals surface area contributed by atoms with Crippen LogP contribution in [0.2, 0.25) is 0 Å². The molecular formula is C19H21F. The topological polar surface area (TPSA) is 0 Å². The molecule has 0 saturated carbocycles. The molecule has 0 amide bonds. The first-order valence-electron chi connectivity index (χ1n) is 7.43. The van der Waals surface area contributed by atoms with Crippen molar-refractivity contribution in [3.8, 4) is 0 Å². The summed E-state index contributed by atoms with van der Waals surface area (Å²) >= 11 is 0. The fourth-order valence-corrected chi connectivity index (χ4v) is 3.38. The molecule has 1 heteroatoms. The molecule has 0 aliphatic heterocycles. The zero-order valence-electron chi connectivity index (χ0n) is 12.2. The lowest BCUT2D eigenvalue weighted by Gasteiger charge is -2.30. The van der Waals surface area contributed by atoms with E-state index in [2.05, 4.69) is 44.2 Å². The number of aryl methyl sites for hydroxylation is 1. The van der Waals surface area contributed by atoms with E-state index in [9.17, 15) is 4.39 Å². The molecule has 0 aromatic heterocycles. The Labute approximate surface area is 120 Å². The third-order valence-corrected chi connectivity index (χ3v) is 4.64. The van der Waals surface area contributed by atoms with Gasteiger partial charge < -0.3 is 0 Å². The highest BCUT2D eigenvalue weighted by atomic mass is 19.1. The van der Waals surface area contributed by atoms with Crippen LogP contribution in [0.1, 0.15) is 43.7 Å². The van der Waals surface area contributed by atoms with E-state index in [1.165, 1.54) is 28.7 Å². The number of hydrogen-bond acceptors (Lipinski definition) is 0. The number of halogens is 1. The van der Waals surface area contributed by atoms with E-state index in [1.807, 2.05) is 0 Å². The van der Waals surface area contributed by atoms with Gasteiger partial charge in [0.2, 0.25) is 0 Å². The molecule has 0 heterocycles. The summed E-state index contributed by atoms with van der Waals surface area (Å²) in [5.41, 5.74) is 5.61. The summed E-state index contributed by atoms with van der Waals surface area (Å²) in [7, 11) is 0. The number of allylic oxidation sites excluding steroid dienone is 6. The first kappa shape index (κ1) is 13.4. The van der Waals surface area contributed by atoms with E-state index in [0.29, 0.717) is 0 Å². The minimum Gasteiger partial charge on any atom is -0.207 e. The fourth-order valence-electron chi connectivity index (χ4n) is 3.38. The van der Waals surface area contributed by atoms with Crippen molar-refractivity contribution in [1.29, 1.82) is 0 Å². The molecule has 0 radical (unpaired) electrons. The molecule has 0 spiro atoms. The van der Waals surface area contributed by atoms with E-state index in [1.54, 1.807) is 12.2 Å². The third-order valence-electron chi connectivity index (χ3n) is 4.64. The number of hydrogen-bond donors (Lipinski definition) is 0. The summed E-state index contributed by atoms with van der Waals surface area (Å²) in [5, 5.41) is 0. The van der Waals surface area contributed by atoms with Gasteiger partial charge in [0, 0.05) is 5.41 Å². The summed E-state index contributed by atoms with van der Waals surface area (Å²) in [6.45, 7) is 4.35. The summed E-state index contributed by atoms with van der Waals surface area (Å²) < 4.78 is 13.2. The van der Waals surface area contributed by atoms with Gasteiger partial charge in [0.25, 0.3) is 0 Å². The van der Waals surface area contributed by atoms with Gasteiger partial charge in [-0.05, 0) is 55.9 Å². The monoisotopic (exact) mass is 268 g/mol. The van der Waals surface area contributed by atoms with E-state index in [4.69, 9.17) is 0 Å². The average molecular weight is 268 g/mol. The van der Waals surface area contributed by atoms with Crippen LogP contribution in [-0.2, 0) is 0 Å². The predicted octanol–water partition coefficient (Wildman–Crippen LogP) is 5.75. The molecule has 1 aromatic carbocycles. The minimum absolute atomic E-state index is 0.00763. The van der Waals surface area contributed by atoms with Gasteiger partial charge in [-0.3, -0.25) is 0 Å². The van der Waals surface area contributed by atoms with Crippen LogP contribution < -0.4 is 0 Å². The standard InChI is InChI=1S/C19H21F/c1-14-6-8-15(9-7-14)17-4-3-5-18(17)19(2)12-10-16(20)11-13-19/h6-12H,3-5,13H2,1-2H3. The maximum atomic E-state index is 13.2. The average Bonchev–Trinajstić information content (AvgIpc) is 2.93. The number of rotatable bonds is 2. The van der Waals surface area contributed by atoms with Gasteiger partial charge in [0.1, 0.15) is 5.83 Å². The molecule has 0 bridgehead atoms. The van der Waals surface area contributed by atoms with Crippen LogP contribution in [0.25, 0.3) is 5.57 Å². The molecule has 2 aliphatic rings. The molecule has 1 atom stereocenters. The van der Waals surface area contributed by atoms with Gasteiger partial charge in [0.15, 0.2) is 0 Å². The molecule has 20 heavy (non-hydrogen) atoms. The molecule has 104 valence electrons. The van der Waals surface area contributed by atoms with E-state index < -0.39 is 0 Å². The quantitative estimate of drug-likeness (QED) is 0.640. The van der Waals surface area contributed by atoms with Crippen LogP contribution in [0.3, 0.4) is 0 Å². The lowest BCUT2D eigenvalue weighted by atomic mass is 9.74. The second kappa shape index (κ2) is 5.05. The molecule has 0 saturated heterocycles. The highest BCUT2D eigenvalue weighted by Crippen LogP contribution is 2.47. The maximum absolute atomic E-state index is 13.2. The molecule has 0 nitrogen and oxygen atoms in total. The highest BCUT2D eigenvalue weighted by Gasteiger charge is 2.32. The highest BCUT2D eigenvalue weighted by molar-refractivity contribution is 5.72. The molecule has 0 N–H and O–H groups in total. The Balaban J connectivity index is 2.00. The lowest BCUT2D eigenvalue weighted by Crippen LogP contribution is -2.17. The Morgan fingerprint density at radius 2 is 1.85 bits per heavy atom. The minimum atomic E-state index is -0.0991. The van der Waals surface area contributed by atoms with Gasteiger partial charge in [-0.15, -0.1) is 0 Å². The first-order valence-corrected chi connectivity index (χ1v) is 7.43. The van der Waals surface area contributed by atoms with Crippen LogP contribution in [-0.4, -0.2) is 0 Å². The first-order chi connectivity index (χ1) is 9.58. The van der Waals surface area contributed by atoms with Crippen molar-refractivity contribution in [2.24, 2.45) is 5.41 Å². The zero-order valence-corrected chi connectivity index (χ0v) is 12.2. The largest absolute Gasteiger partial charge is 0.207 e. The molecule has 1 aromatic rings. The summed E-state index contributed by atoms with van der Waals surface area (Å²) in [6, 6.07) is 8.80. The SMILES string of the molecule is Cc1ccc(C2=C(C3(C)C=CC(F)=CC3)CCC2)cc1. The van der Waals surface area contributed by atoms with Crippen LogP contribution >= 0.6 is 0 Å². The van der Waals surface area contributed by atoms with Crippen molar-refractivity contribution >= 4 is 5.57 Å². The van der Waals surface area contributed by atoms with Gasteiger partial charge in [-0.2, -0.15) is 0 Å². The van der Waals surface area contributed by atoms with Crippen molar-refractivity contribution in [2.75, 3.05) is 0 Å². The van der Waals surface area contributed by atoms with Crippen LogP contribution in [0.15, 0.2) is 53.9 Å². The van der Waals surface area contributed by atoms with Crippen LogP contribution in [0.5, 0.6) is 0 Å². The Bertz CT molecular complexity index is 601. The van der Waals surface area contributed by atoms with Gasteiger partial charge in [-0.1, -0.05) is 48.4 Å². The third kappa shape index (κ3) is 2.37. The van der Waals surface area contributed by atoms with Gasteiger partial charge in [-0.25, -0.2) is 4.39 Å². The Morgan fingerprint density at radius 1 is 1.10 bits per heavy atom. The maximum Gasteiger partial charge on any atom is 0.118 e. The number of benzene rings is 1. The molecule has 2 aliphatic carbocycles. The van der Waals surface area contributed by atoms with Crippen molar-refractivity contribution in [2.45, 2.75) is 39.5 Å². The molecule has 1 unspecified atom stereocenters. The summed E-state index contributed by atoms with van der Waals surface area (Å²) in [6.07, 6.45) is 9.68. The smallest absolute Gasteiger partial charge is 0.118 e. The lowest BCUT2D eigenvalue weighted by molar-refractivity contribution is 0.488. The Hall–Kier alpha value is -1.63. The van der Waals surface area contributed by atoms with E-state index >= 15 is 0 Å². The normalized spacial score (nSPS) is 26.1. The van der Waals surface area contributed by atoms with Crippen LogP contribution in [0.4, 0.5) is 4.39 Å². The van der Waals surface area contributed by atoms with Crippen LogP contribution in [0, 0.1) is 12.3 Å². The van der Waals surface area contributed by atoms with Crippen molar-refractivity contribution in [1.82, 2.24) is 0 Å². The summed E-state index contributed by atoms with van der Waals surface area (Å²) in [4.78, 5) is 0. The Kier molecular flexibility index (Phi) is 3.37.